The van der Waals surface area contributed by atoms with E-state index in [1.807, 2.05) is 31.2 Å². The van der Waals surface area contributed by atoms with E-state index in [9.17, 15) is 18.4 Å². The van der Waals surface area contributed by atoms with Gasteiger partial charge < -0.3 is 5.32 Å². The minimum Gasteiger partial charge on any atom is -0.326 e. The predicted molar refractivity (Wildman–Crippen MR) is 142 cm³/mol. The fourth-order valence-electron chi connectivity index (χ4n) is 4.21. The maximum Gasteiger partial charge on any atom is 0.262 e. The Labute approximate surface area is 217 Å². The van der Waals surface area contributed by atoms with Crippen LogP contribution in [0.3, 0.4) is 0 Å². The Hall–Kier alpha value is -3.85. The number of thioether (sulfide) groups is 1. The normalized spacial score (nSPS) is 19.1. The second kappa shape index (κ2) is 10.3. The van der Waals surface area contributed by atoms with Crippen molar-refractivity contribution >= 4 is 40.1 Å². The maximum absolute atomic E-state index is 13.8. The molecular weight excluding hydrogens is 494 g/mol. The average molecular weight is 519 g/mol. The number of nitrogens with one attached hydrogen (secondary N) is 1. The Morgan fingerprint density at radius 2 is 1.78 bits per heavy atom. The average Bonchev–Trinajstić information content (AvgIpc) is 3.46. The van der Waals surface area contributed by atoms with Crippen LogP contribution in [0.5, 0.6) is 0 Å². The molecule has 6 nitrogen and oxygen atoms in total. The van der Waals surface area contributed by atoms with Gasteiger partial charge in [-0.2, -0.15) is 10.1 Å². The molecule has 2 aliphatic rings. The zero-order valence-electron chi connectivity index (χ0n) is 20.2. The van der Waals surface area contributed by atoms with E-state index in [1.54, 1.807) is 36.2 Å². The Kier molecular flexibility index (Phi) is 6.88. The second-order valence-electron chi connectivity index (χ2n) is 9.08. The molecule has 0 spiro atoms. The summed E-state index contributed by atoms with van der Waals surface area (Å²) < 4.78 is 27.4. The van der Waals surface area contributed by atoms with Crippen molar-refractivity contribution < 1.29 is 18.4 Å². The van der Waals surface area contributed by atoms with Crippen LogP contribution in [0.2, 0.25) is 0 Å². The summed E-state index contributed by atoms with van der Waals surface area (Å²) in [6.07, 6.45) is 0.433. The first-order chi connectivity index (χ1) is 17.8. The number of halogens is 2. The lowest BCUT2D eigenvalue weighted by Gasteiger charge is -2.23. The molecule has 2 heterocycles. The Bertz CT molecular complexity index is 1420. The van der Waals surface area contributed by atoms with Gasteiger partial charge in [-0.05, 0) is 54.8 Å². The number of hydrazone groups is 1. The van der Waals surface area contributed by atoms with E-state index in [0.717, 1.165) is 22.4 Å². The van der Waals surface area contributed by atoms with E-state index in [2.05, 4.69) is 10.3 Å². The fourth-order valence-corrected chi connectivity index (χ4v) is 5.27. The highest BCUT2D eigenvalue weighted by Crippen LogP contribution is 2.38. The predicted octanol–water partition coefficient (Wildman–Crippen LogP) is 5.76. The summed E-state index contributed by atoms with van der Waals surface area (Å²) in [6, 6.07) is 18.4. The third-order valence-electron chi connectivity index (χ3n) is 6.30. The van der Waals surface area contributed by atoms with E-state index in [1.165, 1.54) is 30.0 Å². The number of hydrogen-bond acceptors (Lipinski definition) is 5. The highest BCUT2D eigenvalue weighted by Gasteiger charge is 2.39. The monoisotopic (exact) mass is 518 g/mol. The van der Waals surface area contributed by atoms with Crippen molar-refractivity contribution in [2.24, 2.45) is 10.1 Å². The van der Waals surface area contributed by atoms with Gasteiger partial charge in [0.1, 0.15) is 16.9 Å². The molecular formula is C28H24F2N4O2S. The lowest BCUT2D eigenvalue weighted by Crippen LogP contribution is -2.25. The lowest BCUT2D eigenvalue weighted by atomic mass is 9.98. The number of hydrogen-bond donors (Lipinski definition) is 1. The van der Waals surface area contributed by atoms with Crippen LogP contribution in [-0.2, 0) is 9.59 Å². The molecule has 0 aromatic heterocycles. The van der Waals surface area contributed by atoms with Crippen LogP contribution in [0.25, 0.3) is 0 Å². The van der Waals surface area contributed by atoms with Crippen LogP contribution >= 0.6 is 11.8 Å². The quantitative estimate of drug-likeness (QED) is 0.466. The molecule has 2 unspecified atom stereocenters. The molecule has 188 valence electrons. The van der Waals surface area contributed by atoms with Crippen molar-refractivity contribution in [3.63, 3.8) is 0 Å². The number of amidine groups is 1. The molecule has 0 aliphatic carbocycles. The van der Waals surface area contributed by atoms with E-state index >= 15 is 0 Å². The van der Waals surface area contributed by atoms with Crippen LogP contribution in [0.4, 0.5) is 14.5 Å². The standard InChI is InChI=1S/C28H24F2N4O2S/c1-16-3-6-18(7-4-16)23-14-24(19-8-10-20(29)11-9-19)34(33-23)28-32-27(36)25(37-28)15-26(35)31-21-12-5-17(2)22(30)13-21/h3-13,24-25H,14-15H2,1-2H3,(H,31,35). The van der Waals surface area contributed by atoms with E-state index < -0.39 is 22.9 Å². The van der Waals surface area contributed by atoms with Gasteiger partial charge >= 0.3 is 0 Å². The first kappa shape index (κ1) is 24.8. The van der Waals surface area contributed by atoms with Gasteiger partial charge in [0.05, 0.1) is 11.8 Å². The largest absolute Gasteiger partial charge is 0.326 e. The van der Waals surface area contributed by atoms with Crippen molar-refractivity contribution in [3.05, 3.63) is 101 Å². The summed E-state index contributed by atoms with van der Waals surface area (Å²) in [5, 5.41) is 8.79. The minimum atomic E-state index is -0.724. The van der Waals surface area contributed by atoms with Gasteiger partial charge in [-0.1, -0.05) is 59.8 Å². The Morgan fingerprint density at radius 1 is 1.05 bits per heavy atom. The van der Waals surface area contributed by atoms with E-state index in [-0.39, 0.29) is 18.3 Å². The molecule has 0 bridgehead atoms. The number of anilines is 1. The number of amides is 2. The van der Waals surface area contributed by atoms with Crippen molar-refractivity contribution in [2.45, 2.75) is 38.0 Å². The number of carbonyl (C=O) groups excluding carboxylic acids is 2. The molecule has 2 amide bonds. The van der Waals surface area contributed by atoms with Gasteiger partial charge in [0.25, 0.3) is 5.91 Å². The van der Waals surface area contributed by atoms with E-state index in [0.29, 0.717) is 22.8 Å². The van der Waals surface area contributed by atoms with Crippen molar-refractivity contribution in [1.82, 2.24) is 5.01 Å². The summed E-state index contributed by atoms with van der Waals surface area (Å²) in [7, 11) is 0. The highest BCUT2D eigenvalue weighted by atomic mass is 32.2. The number of rotatable bonds is 5. The summed E-state index contributed by atoms with van der Waals surface area (Å²) in [6.45, 7) is 3.65. The van der Waals surface area contributed by atoms with Gasteiger partial charge in [-0.3, -0.25) is 9.59 Å². The Balaban J connectivity index is 1.34. The highest BCUT2D eigenvalue weighted by molar-refractivity contribution is 8.15. The van der Waals surface area contributed by atoms with Crippen LogP contribution in [0, 0.1) is 25.5 Å². The van der Waals surface area contributed by atoms with Gasteiger partial charge in [0.2, 0.25) is 5.91 Å². The molecule has 3 aromatic carbocycles. The summed E-state index contributed by atoms with van der Waals surface area (Å²) in [4.78, 5) is 29.5. The van der Waals surface area contributed by atoms with Crippen LogP contribution in [0.1, 0.15) is 41.1 Å². The first-order valence-corrected chi connectivity index (χ1v) is 12.7. The Morgan fingerprint density at radius 3 is 2.49 bits per heavy atom. The van der Waals surface area contributed by atoms with Crippen molar-refractivity contribution in [1.29, 1.82) is 0 Å². The smallest absolute Gasteiger partial charge is 0.262 e. The topological polar surface area (TPSA) is 74.1 Å². The number of nitrogens with zero attached hydrogens (tertiary/aromatic N) is 3. The minimum absolute atomic E-state index is 0.115. The number of carbonyl (C=O) groups is 2. The summed E-state index contributed by atoms with van der Waals surface area (Å²) in [5.74, 6) is -1.60. The molecule has 1 N–H and O–H groups in total. The van der Waals surface area contributed by atoms with Gasteiger partial charge in [0, 0.05) is 18.5 Å². The molecule has 2 aliphatic heterocycles. The fraction of sp³-hybridized carbons (Fsp3) is 0.214. The zero-order chi connectivity index (χ0) is 26.1. The summed E-state index contributed by atoms with van der Waals surface area (Å²) >= 11 is 1.17. The van der Waals surface area contributed by atoms with E-state index in [4.69, 9.17) is 5.10 Å². The van der Waals surface area contributed by atoms with Gasteiger partial charge in [-0.15, -0.1) is 0 Å². The molecule has 0 radical (unpaired) electrons. The third-order valence-corrected chi connectivity index (χ3v) is 7.44. The number of aryl methyl sites for hydroxylation is 2. The van der Waals surface area contributed by atoms with Gasteiger partial charge in [-0.25, -0.2) is 13.8 Å². The molecule has 5 rings (SSSR count). The molecule has 2 atom stereocenters. The molecule has 0 saturated carbocycles. The van der Waals surface area contributed by atoms with Crippen molar-refractivity contribution in [3.8, 4) is 0 Å². The van der Waals surface area contributed by atoms with Crippen LogP contribution in [-0.4, -0.2) is 33.0 Å². The second-order valence-corrected chi connectivity index (χ2v) is 10.3. The molecule has 0 fully saturated rings. The lowest BCUT2D eigenvalue weighted by molar-refractivity contribution is -0.121. The zero-order valence-corrected chi connectivity index (χ0v) is 21.1. The SMILES string of the molecule is Cc1ccc(C2=NN(C3=NC(=O)C(CC(=O)Nc4ccc(C)c(F)c4)S3)C(c3ccc(F)cc3)C2)cc1. The summed E-state index contributed by atoms with van der Waals surface area (Å²) in [5.41, 5.74) is 4.55. The maximum atomic E-state index is 13.8. The number of benzene rings is 3. The molecule has 37 heavy (non-hydrogen) atoms. The third kappa shape index (κ3) is 5.46. The first-order valence-electron chi connectivity index (χ1n) is 11.8. The molecule has 3 aromatic rings. The molecule has 9 heteroatoms. The molecule has 0 saturated heterocycles. The number of aliphatic imine (C=N–C) groups is 1. The van der Waals surface area contributed by atoms with Crippen LogP contribution < -0.4 is 5.32 Å². The van der Waals surface area contributed by atoms with Crippen molar-refractivity contribution in [2.75, 3.05) is 5.32 Å². The van der Waals surface area contributed by atoms with Crippen LogP contribution in [0.15, 0.2) is 76.8 Å². The van der Waals surface area contributed by atoms with Gasteiger partial charge in [0.15, 0.2) is 5.17 Å².